The number of hydrogen-bond acceptors (Lipinski definition) is 3. The van der Waals surface area contributed by atoms with E-state index in [9.17, 15) is 23.2 Å². The fraction of sp³-hybridized carbons (Fsp3) is 0.118. The average Bonchev–Trinajstić information content (AvgIpc) is 2.54. The van der Waals surface area contributed by atoms with Crippen molar-refractivity contribution in [3.05, 3.63) is 59.7 Å². The van der Waals surface area contributed by atoms with Crippen LogP contribution in [0.3, 0.4) is 0 Å². The minimum Gasteiger partial charge on any atom is -0.351 e. The first kappa shape index (κ1) is 18.8. The second-order valence-electron chi connectivity index (χ2n) is 5.25. The molecule has 2 aromatic carbocycles. The van der Waals surface area contributed by atoms with Crippen LogP contribution in [0.25, 0.3) is 0 Å². The van der Waals surface area contributed by atoms with E-state index in [0.29, 0.717) is 17.4 Å². The van der Waals surface area contributed by atoms with Crippen molar-refractivity contribution in [2.75, 3.05) is 17.2 Å². The zero-order valence-electron chi connectivity index (χ0n) is 13.5. The summed E-state index contributed by atoms with van der Waals surface area (Å²) in [7, 11) is 0. The molecular formula is C17H16F2N4O3. The van der Waals surface area contributed by atoms with Crippen LogP contribution in [0.15, 0.2) is 42.5 Å². The van der Waals surface area contributed by atoms with Gasteiger partial charge in [0.25, 0.3) is 5.91 Å². The number of carbonyl (C=O) groups excluding carboxylic acids is 3. The first-order valence-corrected chi connectivity index (χ1v) is 7.55. The number of carbonyl (C=O) groups is 3. The molecule has 2 aromatic rings. The smallest absolute Gasteiger partial charge is 0.316 e. The summed E-state index contributed by atoms with van der Waals surface area (Å²) in [6.45, 7) is -0.0410. The quantitative estimate of drug-likeness (QED) is 0.632. The van der Waals surface area contributed by atoms with Crippen LogP contribution in [0, 0.1) is 11.6 Å². The van der Waals surface area contributed by atoms with Crippen molar-refractivity contribution >= 4 is 29.2 Å². The molecule has 0 aromatic heterocycles. The van der Waals surface area contributed by atoms with E-state index in [4.69, 9.17) is 5.73 Å². The SMILES string of the molecule is NC(=O)Nc1cccc(NC(=O)CCNC(=O)c2ccc(F)cc2F)c1. The van der Waals surface area contributed by atoms with Crippen LogP contribution >= 0.6 is 0 Å². The van der Waals surface area contributed by atoms with Crippen LogP contribution in [-0.4, -0.2) is 24.4 Å². The summed E-state index contributed by atoms with van der Waals surface area (Å²) >= 11 is 0. The molecule has 2 rings (SSSR count). The Labute approximate surface area is 147 Å². The Bertz CT molecular complexity index is 843. The minimum atomic E-state index is -0.981. The van der Waals surface area contributed by atoms with Gasteiger partial charge in [0.1, 0.15) is 11.6 Å². The van der Waals surface area contributed by atoms with Crippen LogP contribution in [0.5, 0.6) is 0 Å². The minimum absolute atomic E-state index is 0.0410. The zero-order valence-corrected chi connectivity index (χ0v) is 13.5. The van der Waals surface area contributed by atoms with Gasteiger partial charge in [-0.05, 0) is 30.3 Å². The van der Waals surface area contributed by atoms with Crippen molar-refractivity contribution in [2.24, 2.45) is 5.73 Å². The Kier molecular flexibility index (Phi) is 6.20. The van der Waals surface area contributed by atoms with Crippen LogP contribution in [0.2, 0.25) is 0 Å². The normalized spacial score (nSPS) is 10.1. The third kappa shape index (κ3) is 5.55. The third-order valence-corrected chi connectivity index (χ3v) is 3.23. The first-order chi connectivity index (χ1) is 12.3. The third-order valence-electron chi connectivity index (χ3n) is 3.23. The summed E-state index contributed by atoms with van der Waals surface area (Å²) in [4.78, 5) is 34.5. The van der Waals surface area contributed by atoms with E-state index in [0.717, 1.165) is 12.1 Å². The predicted octanol–water partition coefficient (Wildman–Crippen LogP) is 2.21. The molecule has 0 spiro atoms. The lowest BCUT2D eigenvalue weighted by atomic mass is 10.2. The van der Waals surface area contributed by atoms with Gasteiger partial charge >= 0.3 is 6.03 Å². The monoisotopic (exact) mass is 362 g/mol. The number of benzene rings is 2. The van der Waals surface area contributed by atoms with Crippen molar-refractivity contribution in [3.63, 3.8) is 0 Å². The maximum atomic E-state index is 13.5. The average molecular weight is 362 g/mol. The molecule has 7 nitrogen and oxygen atoms in total. The Morgan fingerprint density at radius 3 is 2.31 bits per heavy atom. The highest BCUT2D eigenvalue weighted by molar-refractivity contribution is 5.96. The number of nitrogens with one attached hydrogen (secondary N) is 3. The topological polar surface area (TPSA) is 113 Å². The van der Waals surface area contributed by atoms with Crippen molar-refractivity contribution in [1.29, 1.82) is 0 Å². The van der Waals surface area contributed by atoms with Crippen LogP contribution < -0.4 is 21.7 Å². The van der Waals surface area contributed by atoms with Crippen molar-refractivity contribution in [3.8, 4) is 0 Å². The van der Waals surface area contributed by atoms with E-state index >= 15 is 0 Å². The molecule has 26 heavy (non-hydrogen) atoms. The fourth-order valence-electron chi connectivity index (χ4n) is 2.10. The molecule has 0 heterocycles. The predicted molar refractivity (Wildman–Crippen MR) is 91.6 cm³/mol. The van der Waals surface area contributed by atoms with Crippen molar-refractivity contribution in [2.45, 2.75) is 6.42 Å². The molecule has 0 unspecified atom stereocenters. The molecule has 4 amide bonds. The van der Waals surface area contributed by atoms with Gasteiger partial charge in [-0.3, -0.25) is 9.59 Å². The summed E-state index contributed by atoms with van der Waals surface area (Å²) in [6, 6.07) is 8.19. The van der Waals surface area contributed by atoms with Gasteiger partial charge in [-0.2, -0.15) is 0 Å². The van der Waals surface area contributed by atoms with E-state index in [1.807, 2.05) is 0 Å². The van der Waals surface area contributed by atoms with E-state index in [1.165, 1.54) is 6.07 Å². The molecule has 0 aliphatic rings. The Balaban J connectivity index is 1.83. The van der Waals surface area contributed by atoms with Crippen LogP contribution in [0.4, 0.5) is 25.0 Å². The van der Waals surface area contributed by atoms with Gasteiger partial charge in [-0.1, -0.05) is 6.07 Å². The van der Waals surface area contributed by atoms with Gasteiger partial charge < -0.3 is 21.7 Å². The van der Waals surface area contributed by atoms with E-state index in [1.54, 1.807) is 18.2 Å². The van der Waals surface area contributed by atoms with Gasteiger partial charge in [0.15, 0.2) is 0 Å². The van der Waals surface area contributed by atoms with Gasteiger partial charge in [0, 0.05) is 30.4 Å². The molecule has 0 radical (unpaired) electrons. The molecule has 0 saturated heterocycles. The standard InChI is InChI=1S/C17H16F2N4O3/c18-10-4-5-13(14(19)8-10)16(25)21-7-6-15(24)22-11-2-1-3-12(9-11)23-17(20)26/h1-5,8-9H,6-7H2,(H,21,25)(H,22,24)(H3,20,23,26). The summed E-state index contributed by atoms with van der Waals surface area (Å²) in [5, 5.41) is 7.33. The van der Waals surface area contributed by atoms with Gasteiger partial charge in [-0.25, -0.2) is 13.6 Å². The molecule has 0 aliphatic carbocycles. The number of hydrogen-bond donors (Lipinski definition) is 4. The van der Waals surface area contributed by atoms with E-state index in [-0.39, 0.29) is 18.5 Å². The number of amides is 4. The summed E-state index contributed by atoms with van der Waals surface area (Å²) in [5.41, 5.74) is 5.54. The Morgan fingerprint density at radius 1 is 0.962 bits per heavy atom. The molecule has 9 heteroatoms. The largest absolute Gasteiger partial charge is 0.351 e. The lowest BCUT2D eigenvalue weighted by molar-refractivity contribution is -0.116. The highest BCUT2D eigenvalue weighted by Gasteiger charge is 2.12. The Morgan fingerprint density at radius 2 is 1.65 bits per heavy atom. The molecule has 136 valence electrons. The molecule has 0 saturated carbocycles. The van der Waals surface area contributed by atoms with Gasteiger partial charge in [0.05, 0.1) is 5.56 Å². The molecular weight excluding hydrogens is 346 g/mol. The number of nitrogens with two attached hydrogens (primary N) is 1. The highest BCUT2D eigenvalue weighted by Crippen LogP contribution is 2.15. The maximum Gasteiger partial charge on any atom is 0.316 e. The Hall–Kier alpha value is -3.49. The van der Waals surface area contributed by atoms with Gasteiger partial charge in [0.2, 0.25) is 5.91 Å². The molecule has 0 fully saturated rings. The lowest BCUT2D eigenvalue weighted by Crippen LogP contribution is -2.28. The van der Waals surface area contributed by atoms with Gasteiger partial charge in [-0.15, -0.1) is 0 Å². The maximum absolute atomic E-state index is 13.5. The summed E-state index contributed by atoms with van der Waals surface area (Å²) in [6.07, 6.45) is -0.0674. The summed E-state index contributed by atoms with van der Waals surface area (Å²) < 4.78 is 26.3. The number of urea groups is 1. The highest BCUT2D eigenvalue weighted by atomic mass is 19.1. The van der Waals surface area contributed by atoms with E-state index in [2.05, 4.69) is 16.0 Å². The molecule has 0 aliphatic heterocycles. The lowest BCUT2D eigenvalue weighted by Gasteiger charge is -2.09. The van der Waals surface area contributed by atoms with Crippen molar-refractivity contribution in [1.82, 2.24) is 5.32 Å². The number of halogens is 2. The van der Waals surface area contributed by atoms with Crippen LogP contribution in [0.1, 0.15) is 16.8 Å². The second kappa shape index (κ2) is 8.56. The number of anilines is 2. The number of primary amides is 1. The molecule has 0 atom stereocenters. The first-order valence-electron chi connectivity index (χ1n) is 7.55. The summed E-state index contributed by atoms with van der Waals surface area (Å²) in [5.74, 6) is -2.92. The van der Waals surface area contributed by atoms with Crippen molar-refractivity contribution < 1.29 is 23.2 Å². The zero-order chi connectivity index (χ0) is 19.1. The molecule has 5 N–H and O–H groups in total. The second-order valence-corrected chi connectivity index (χ2v) is 5.25. The van der Waals surface area contributed by atoms with Crippen LogP contribution in [-0.2, 0) is 4.79 Å². The number of rotatable bonds is 6. The molecule has 0 bridgehead atoms. The van der Waals surface area contributed by atoms with E-state index < -0.39 is 29.5 Å². The fourth-order valence-corrected chi connectivity index (χ4v) is 2.10.